The fourth-order valence-corrected chi connectivity index (χ4v) is 4.76. The highest BCUT2D eigenvalue weighted by molar-refractivity contribution is 6.35. The van der Waals surface area contributed by atoms with E-state index in [1.165, 1.54) is 4.90 Å². The molecule has 1 fully saturated rings. The maximum absolute atomic E-state index is 13.2. The third kappa shape index (κ3) is 7.06. The number of hydrogen-bond donors (Lipinski definition) is 1. The number of anilines is 1. The lowest BCUT2D eigenvalue weighted by Crippen LogP contribution is -2.50. The third-order valence-corrected chi connectivity index (χ3v) is 6.48. The van der Waals surface area contributed by atoms with Gasteiger partial charge in [0.05, 0.1) is 10.7 Å². The molecule has 2 N–H and O–H groups in total. The van der Waals surface area contributed by atoms with Crippen LogP contribution in [0.25, 0.3) is 0 Å². The number of halogens is 1. The minimum absolute atomic E-state index is 0.0497. The number of ether oxygens (including phenoxy) is 2. The van der Waals surface area contributed by atoms with Crippen LogP contribution in [0.2, 0.25) is 5.02 Å². The van der Waals surface area contributed by atoms with Gasteiger partial charge in [-0.15, -0.1) is 0 Å². The van der Waals surface area contributed by atoms with Gasteiger partial charge in [-0.1, -0.05) is 11.6 Å². The van der Waals surface area contributed by atoms with Gasteiger partial charge in [-0.05, 0) is 60.1 Å². The maximum Gasteiger partial charge on any atom is 0.410 e. The minimum Gasteiger partial charge on any atom is -0.460 e. The van der Waals surface area contributed by atoms with Crippen LogP contribution >= 0.6 is 11.6 Å². The number of hydrogen-bond acceptors (Lipinski definition) is 7. The second kappa shape index (κ2) is 10.8. The number of rotatable bonds is 6. The molecule has 0 spiro atoms. The zero-order valence-electron chi connectivity index (χ0n) is 22.4. The SMILES string of the molecule is CC(C)(C)OC(=O)CCC(C(N)=O)N1Cc2c(ccc(N3CCN(C(=O)OC(C)(C)C)CC3)c2Cl)C1=O. The average Bonchev–Trinajstić information content (AvgIpc) is 3.09. The summed E-state index contributed by atoms with van der Waals surface area (Å²) in [5.74, 6) is -1.51. The molecule has 37 heavy (non-hydrogen) atoms. The average molecular weight is 537 g/mol. The van der Waals surface area contributed by atoms with Crippen LogP contribution in [-0.2, 0) is 25.6 Å². The highest BCUT2D eigenvalue weighted by atomic mass is 35.5. The molecule has 2 heterocycles. The number of esters is 1. The van der Waals surface area contributed by atoms with E-state index >= 15 is 0 Å². The Bertz CT molecular complexity index is 1070. The Balaban J connectivity index is 1.70. The van der Waals surface area contributed by atoms with E-state index < -0.39 is 29.1 Å². The normalized spacial score (nSPS) is 16.9. The van der Waals surface area contributed by atoms with Crippen molar-refractivity contribution in [2.75, 3.05) is 31.1 Å². The molecule has 0 aromatic heterocycles. The molecular weight excluding hydrogens is 500 g/mol. The first-order chi connectivity index (χ1) is 17.1. The van der Waals surface area contributed by atoms with Crippen LogP contribution in [0.4, 0.5) is 10.5 Å². The summed E-state index contributed by atoms with van der Waals surface area (Å²) in [6.45, 7) is 12.9. The first-order valence-corrected chi connectivity index (χ1v) is 12.8. The second-order valence-corrected chi connectivity index (χ2v) is 11.7. The van der Waals surface area contributed by atoms with Crippen molar-refractivity contribution in [3.05, 3.63) is 28.3 Å². The number of nitrogens with zero attached hydrogens (tertiary/aromatic N) is 3. The van der Waals surface area contributed by atoms with Crippen LogP contribution < -0.4 is 10.6 Å². The first-order valence-electron chi connectivity index (χ1n) is 12.4. The number of fused-ring (bicyclic) bond motifs is 1. The number of carbonyl (C=O) groups excluding carboxylic acids is 4. The molecule has 0 radical (unpaired) electrons. The quantitative estimate of drug-likeness (QED) is 0.553. The topological polar surface area (TPSA) is 122 Å². The summed E-state index contributed by atoms with van der Waals surface area (Å²) in [5, 5.41) is 0.425. The van der Waals surface area contributed by atoms with Crippen LogP contribution in [0, 0.1) is 0 Å². The molecule has 0 aliphatic carbocycles. The number of carbonyl (C=O) groups is 4. The van der Waals surface area contributed by atoms with Crippen molar-refractivity contribution in [2.45, 2.75) is 78.2 Å². The molecule has 3 rings (SSSR count). The molecule has 1 unspecified atom stereocenters. The molecule has 1 saturated heterocycles. The van der Waals surface area contributed by atoms with Crippen LogP contribution in [0.3, 0.4) is 0 Å². The largest absolute Gasteiger partial charge is 0.460 e. The van der Waals surface area contributed by atoms with Gasteiger partial charge < -0.3 is 29.9 Å². The highest BCUT2D eigenvalue weighted by Gasteiger charge is 2.38. The Kier molecular flexibility index (Phi) is 8.31. The van der Waals surface area contributed by atoms with E-state index in [0.29, 0.717) is 42.3 Å². The molecule has 0 bridgehead atoms. The zero-order chi connectivity index (χ0) is 27.7. The van der Waals surface area contributed by atoms with E-state index in [9.17, 15) is 19.2 Å². The Morgan fingerprint density at radius 2 is 1.59 bits per heavy atom. The third-order valence-electron chi connectivity index (χ3n) is 6.06. The van der Waals surface area contributed by atoms with E-state index in [1.54, 1.807) is 37.8 Å². The second-order valence-electron chi connectivity index (χ2n) is 11.4. The maximum atomic E-state index is 13.2. The van der Waals surface area contributed by atoms with Crippen molar-refractivity contribution in [1.82, 2.24) is 9.80 Å². The van der Waals surface area contributed by atoms with Gasteiger partial charge in [0.15, 0.2) is 0 Å². The monoisotopic (exact) mass is 536 g/mol. The minimum atomic E-state index is -0.968. The predicted molar refractivity (Wildman–Crippen MR) is 139 cm³/mol. The fraction of sp³-hybridized carbons (Fsp3) is 0.615. The molecule has 1 aromatic carbocycles. The van der Waals surface area contributed by atoms with Crippen LogP contribution in [-0.4, -0.2) is 77.1 Å². The van der Waals surface area contributed by atoms with Crippen molar-refractivity contribution in [2.24, 2.45) is 5.73 Å². The van der Waals surface area contributed by atoms with Crippen molar-refractivity contribution in [3.8, 4) is 0 Å². The molecule has 10 nitrogen and oxygen atoms in total. The van der Waals surface area contributed by atoms with E-state index in [4.69, 9.17) is 26.8 Å². The summed E-state index contributed by atoms with van der Waals surface area (Å²) in [4.78, 5) is 55.0. The van der Waals surface area contributed by atoms with Gasteiger partial charge in [-0.3, -0.25) is 14.4 Å². The van der Waals surface area contributed by atoms with Gasteiger partial charge in [0, 0.05) is 50.3 Å². The first kappa shape index (κ1) is 28.6. The van der Waals surface area contributed by atoms with Crippen molar-refractivity contribution in [3.63, 3.8) is 0 Å². The van der Waals surface area contributed by atoms with Gasteiger partial charge in [-0.2, -0.15) is 0 Å². The lowest BCUT2D eigenvalue weighted by Gasteiger charge is -2.37. The lowest BCUT2D eigenvalue weighted by molar-refractivity contribution is -0.155. The molecule has 0 saturated carbocycles. The molecule has 2 aliphatic heterocycles. The molecule has 1 atom stereocenters. The zero-order valence-corrected chi connectivity index (χ0v) is 23.2. The van der Waals surface area contributed by atoms with Gasteiger partial charge in [-0.25, -0.2) is 4.79 Å². The molecular formula is C26H37ClN4O6. The fourth-order valence-electron chi connectivity index (χ4n) is 4.41. The van der Waals surface area contributed by atoms with Gasteiger partial charge in [0.25, 0.3) is 5.91 Å². The Labute approximate surface area is 223 Å². The summed E-state index contributed by atoms with van der Waals surface area (Å²) in [7, 11) is 0. The number of nitrogens with two attached hydrogens (primary N) is 1. The van der Waals surface area contributed by atoms with E-state index in [0.717, 1.165) is 5.69 Å². The summed E-state index contributed by atoms with van der Waals surface area (Å²) in [6, 6.07) is 2.51. The summed E-state index contributed by atoms with van der Waals surface area (Å²) < 4.78 is 10.8. The van der Waals surface area contributed by atoms with Crippen molar-refractivity contribution < 1.29 is 28.7 Å². The predicted octanol–water partition coefficient (Wildman–Crippen LogP) is 3.33. The van der Waals surface area contributed by atoms with E-state index in [1.807, 2.05) is 20.8 Å². The molecule has 1 aromatic rings. The van der Waals surface area contributed by atoms with Gasteiger partial charge in [0.2, 0.25) is 5.91 Å². The van der Waals surface area contributed by atoms with Crippen LogP contribution in [0.5, 0.6) is 0 Å². The van der Waals surface area contributed by atoms with E-state index in [2.05, 4.69) is 4.90 Å². The summed E-state index contributed by atoms with van der Waals surface area (Å²) >= 11 is 6.77. The van der Waals surface area contributed by atoms with Crippen LogP contribution in [0.15, 0.2) is 12.1 Å². The molecule has 2 aliphatic rings. The number of piperazine rings is 1. The number of amides is 3. The van der Waals surface area contributed by atoms with Crippen molar-refractivity contribution >= 4 is 41.2 Å². The summed E-state index contributed by atoms with van der Waals surface area (Å²) in [6.07, 6.45) is -0.343. The molecule has 3 amide bonds. The highest BCUT2D eigenvalue weighted by Crippen LogP contribution is 2.38. The summed E-state index contributed by atoms with van der Waals surface area (Å²) in [5.41, 5.74) is 6.18. The van der Waals surface area contributed by atoms with Gasteiger partial charge in [0.1, 0.15) is 17.2 Å². The Morgan fingerprint density at radius 1 is 1.00 bits per heavy atom. The number of benzene rings is 1. The molecule has 204 valence electrons. The van der Waals surface area contributed by atoms with Crippen LogP contribution in [0.1, 0.15) is 70.3 Å². The Hall–Kier alpha value is -3.01. The standard InChI is InChI=1S/C26H37ClN4O6/c1-25(2,3)36-20(32)10-9-19(22(28)33)31-15-17-16(23(31)34)7-8-18(21(17)27)29-11-13-30(14-12-29)24(35)37-26(4,5)6/h7-8,19H,9-15H2,1-6H3,(H2,28,33). The van der Waals surface area contributed by atoms with Crippen molar-refractivity contribution in [1.29, 1.82) is 0 Å². The lowest BCUT2D eigenvalue weighted by atomic mass is 10.1. The smallest absolute Gasteiger partial charge is 0.410 e. The Morgan fingerprint density at radius 3 is 2.14 bits per heavy atom. The number of primary amides is 1. The van der Waals surface area contributed by atoms with E-state index in [-0.39, 0.29) is 31.4 Å². The van der Waals surface area contributed by atoms with Gasteiger partial charge >= 0.3 is 12.1 Å². The molecule has 11 heteroatoms.